The minimum absolute atomic E-state index is 0.126. The van der Waals surface area contributed by atoms with Gasteiger partial charge in [0.05, 0.1) is 0 Å². The Hall–Kier alpha value is -1.31. The van der Waals surface area contributed by atoms with Crippen LogP contribution in [0.1, 0.15) is 35.7 Å². The first-order valence-electron chi connectivity index (χ1n) is 5.04. The van der Waals surface area contributed by atoms with Crippen molar-refractivity contribution in [3.63, 3.8) is 0 Å². The SMILES string of the molecule is CC1CCCc2cc(O)ccc2C1=O. The number of carbonyl (C=O) groups excluding carboxylic acids is 1. The molecule has 1 aliphatic rings. The molecule has 0 aliphatic heterocycles. The van der Waals surface area contributed by atoms with E-state index < -0.39 is 0 Å². The van der Waals surface area contributed by atoms with E-state index in [0.29, 0.717) is 0 Å². The number of benzene rings is 1. The second-order valence-corrected chi connectivity index (χ2v) is 4.00. The van der Waals surface area contributed by atoms with Crippen LogP contribution in [0.4, 0.5) is 0 Å². The Balaban J connectivity index is 2.48. The Kier molecular flexibility index (Phi) is 2.28. The van der Waals surface area contributed by atoms with Gasteiger partial charge in [-0.15, -0.1) is 0 Å². The van der Waals surface area contributed by atoms with Crippen molar-refractivity contribution >= 4 is 5.78 Å². The van der Waals surface area contributed by atoms with E-state index >= 15 is 0 Å². The van der Waals surface area contributed by atoms with Gasteiger partial charge in [-0.25, -0.2) is 0 Å². The Morgan fingerprint density at radius 3 is 3.00 bits per heavy atom. The minimum Gasteiger partial charge on any atom is -0.508 e. The highest BCUT2D eigenvalue weighted by Gasteiger charge is 2.21. The molecule has 1 N–H and O–H groups in total. The van der Waals surface area contributed by atoms with Gasteiger partial charge in [-0.05, 0) is 43.0 Å². The fourth-order valence-electron chi connectivity index (χ4n) is 2.02. The Bertz CT molecular complexity index is 369. The number of aryl methyl sites for hydroxylation is 1. The van der Waals surface area contributed by atoms with Crippen molar-refractivity contribution < 1.29 is 9.90 Å². The van der Waals surface area contributed by atoms with Crippen LogP contribution >= 0.6 is 0 Å². The number of phenols is 1. The van der Waals surface area contributed by atoms with Crippen LogP contribution in [-0.2, 0) is 6.42 Å². The molecular formula is C12H14O2. The number of aromatic hydroxyl groups is 1. The quantitative estimate of drug-likeness (QED) is 0.638. The van der Waals surface area contributed by atoms with Crippen molar-refractivity contribution in [2.24, 2.45) is 5.92 Å². The van der Waals surface area contributed by atoms with Crippen molar-refractivity contribution in [3.8, 4) is 5.75 Å². The lowest BCUT2D eigenvalue weighted by atomic mass is 9.97. The lowest BCUT2D eigenvalue weighted by Crippen LogP contribution is -2.09. The number of phenolic OH excluding ortho intramolecular Hbond substituents is 1. The molecule has 0 amide bonds. The van der Waals surface area contributed by atoms with Crippen LogP contribution in [0.15, 0.2) is 18.2 Å². The van der Waals surface area contributed by atoms with Gasteiger partial charge in [-0.2, -0.15) is 0 Å². The molecule has 2 heteroatoms. The number of hydrogen-bond donors (Lipinski definition) is 1. The van der Waals surface area contributed by atoms with Crippen LogP contribution in [0.5, 0.6) is 5.75 Å². The lowest BCUT2D eigenvalue weighted by molar-refractivity contribution is 0.0927. The summed E-state index contributed by atoms with van der Waals surface area (Å²) in [6.07, 6.45) is 2.89. The average molecular weight is 190 g/mol. The third-order valence-corrected chi connectivity index (χ3v) is 2.89. The summed E-state index contributed by atoms with van der Waals surface area (Å²) < 4.78 is 0. The summed E-state index contributed by atoms with van der Waals surface area (Å²) >= 11 is 0. The number of carbonyl (C=O) groups is 1. The normalized spacial score (nSPS) is 21.5. The fourth-order valence-corrected chi connectivity index (χ4v) is 2.02. The van der Waals surface area contributed by atoms with Crippen LogP contribution in [0.3, 0.4) is 0 Å². The van der Waals surface area contributed by atoms with E-state index in [0.717, 1.165) is 30.4 Å². The molecule has 1 aromatic rings. The second-order valence-electron chi connectivity index (χ2n) is 4.00. The molecule has 2 rings (SSSR count). The zero-order valence-corrected chi connectivity index (χ0v) is 8.29. The highest BCUT2D eigenvalue weighted by molar-refractivity contribution is 5.99. The topological polar surface area (TPSA) is 37.3 Å². The molecule has 74 valence electrons. The fraction of sp³-hybridized carbons (Fsp3) is 0.417. The van der Waals surface area contributed by atoms with Gasteiger partial charge in [0, 0.05) is 11.5 Å². The number of ketones is 1. The van der Waals surface area contributed by atoms with Gasteiger partial charge in [-0.1, -0.05) is 6.92 Å². The van der Waals surface area contributed by atoms with Gasteiger partial charge in [0.15, 0.2) is 5.78 Å². The minimum atomic E-state index is 0.126. The average Bonchev–Trinajstić information content (AvgIpc) is 2.28. The van der Waals surface area contributed by atoms with E-state index in [1.54, 1.807) is 18.2 Å². The maximum atomic E-state index is 11.9. The van der Waals surface area contributed by atoms with Gasteiger partial charge in [-0.3, -0.25) is 4.79 Å². The third kappa shape index (κ3) is 1.52. The van der Waals surface area contributed by atoms with E-state index in [1.165, 1.54) is 0 Å². The van der Waals surface area contributed by atoms with Crippen LogP contribution in [0, 0.1) is 5.92 Å². The van der Waals surface area contributed by atoms with Crippen molar-refractivity contribution in [1.29, 1.82) is 0 Å². The number of rotatable bonds is 0. The highest BCUT2D eigenvalue weighted by Crippen LogP contribution is 2.26. The van der Waals surface area contributed by atoms with Crippen LogP contribution in [0.25, 0.3) is 0 Å². The standard InChI is InChI=1S/C12H14O2/c1-8-3-2-4-9-7-10(13)5-6-11(9)12(8)14/h5-8,13H,2-4H2,1H3. The molecule has 0 spiro atoms. The van der Waals surface area contributed by atoms with E-state index in [2.05, 4.69) is 0 Å². The van der Waals surface area contributed by atoms with Crippen molar-refractivity contribution in [2.45, 2.75) is 26.2 Å². The summed E-state index contributed by atoms with van der Waals surface area (Å²) in [5.41, 5.74) is 1.80. The molecule has 0 heterocycles. The summed E-state index contributed by atoms with van der Waals surface area (Å²) in [5.74, 6) is 0.601. The van der Waals surface area contributed by atoms with Gasteiger partial charge < -0.3 is 5.11 Å². The molecule has 1 unspecified atom stereocenters. The van der Waals surface area contributed by atoms with Gasteiger partial charge in [0.25, 0.3) is 0 Å². The first kappa shape index (κ1) is 9.25. The predicted octanol–water partition coefficient (Wildman–Crippen LogP) is 2.55. The molecule has 0 radical (unpaired) electrons. The first-order valence-corrected chi connectivity index (χ1v) is 5.04. The predicted molar refractivity (Wildman–Crippen MR) is 54.5 cm³/mol. The Morgan fingerprint density at radius 2 is 2.21 bits per heavy atom. The number of Topliss-reactive ketones (excluding diaryl/α,β-unsaturated/α-hetero) is 1. The van der Waals surface area contributed by atoms with Crippen molar-refractivity contribution in [2.75, 3.05) is 0 Å². The van der Waals surface area contributed by atoms with Crippen LogP contribution in [0.2, 0.25) is 0 Å². The zero-order valence-electron chi connectivity index (χ0n) is 8.29. The van der Waals surface area contributed by atoms with Crippen molar-refractivity contribution in [1.82, 2.24) is 0 Å². The van der Waals surface area contributed by atoms with Gasteiger partial charge >= 0.3 is 0 Å². The molecule has 0 fully saturated rings. The van der Waals surface area contributed by atoms with E-state index in [-0.39, 0.29) is 17.5 Å². The third-order valence-electron chi connectivity index (χ3n) is 2.89. The molecule has 0 bridgehead atoms. The Morgan fingerprint density at radius 1 is 1.43 bits per heavy atom. The van der Waals surface area contributed by atoms with Gasteiger partial charge in [0.1, 0.15) is 5.75 Å². The first-order chi connectivity index (χ1) is 6.68. The highest BCUT2D eigenvalue weighted by atomic mass is 16.3. The van der Waals surface area contributed by atoms with E-state index in [1.807, 2.05) is 6.92 Å². The van der Waals surface area contributed by atoms with E-state index in [9.17, 15) is 9.90 Å². The lowest BCUT2D eigenvalue weighted by Gasteiger charge is -2.07. The maximum Gasteiger partial charge on any atom is 0.165 e. The number of fused-ring (bicyclic) bond motifs is 1. The molecular weight excluding hydrogens is 176 g/mol. The smallest absolute Gasteiger partial charge is 0.165 e. The summed E-state index contributed by atoms with van der Waals surface area (Å²) in [6.45, 7) is 1.98. The summed E-state index contributed by atoms with van der Waals surface area (Å²) in [7, 11) is 0. The number of hydrogen-bond acceptors (Lipinski definition) is 2. The molecule has 0 saturated heterocycles. The molecule has 0 saturated carbocycles. The maximum absolute atomic E-state index is 11.9. The van der Waals surface area contributed by atoms with Crippen LogP contribution < -0.4 is 0 Å². The molecule has 1 aliphatic carbocycles. The summed E-state index contributed by atoms with van der Waals surface area (Å²) in [4.78, 5) is 11.9. The summed E-state index contributed by atoms with van der Waals surface area (Å²) in [5, 5.41) is 9.32. The van der Waals surface area contributed by atoms with Crippen molar-refractivity contribution in [3.05, 3.63) is 29.3 Å². The molecule has 2 nitrogen and oxygen atoms in total. The van der Waals surface area contributed by atoms with Gasteiger partial charge in [0.2, 0.25) is 0 Å². The van der Waals surface area contributed by atoms with E-state index in [4.69, 9.17) is 0 Å². The molecule has 1 aromatic carbocycles. The molecule has 1 atom stereocenters. The summed E-state index contributed by atoms with van der Waals surface area (Å²) in [6, 6.07) is 5.05. The Labute approximate surface area is 83.6 Å². The largest absolute Gasteiger partial charge is 0.508 e. The zero-order chi connectivity index (χ0) is 10.1. The molecule has 0 aromatic heterocycles. The molecule has 14 heavy (non-hydrogen) atoms. The second kappa shape index (κ2) is 3.45. The monoisotopic (exact) mass is 190 g/mol. The van der Waals surface area contributed by atoms with Crippen LogP contribution in [-0.4, -0.2) is 10.9 Å².